The predicted molar refractivity (Wildman–Crippen MR) is 117 cm³/mol. The summed E-state index contributed by atoms with van der Waals surface area (Å²) in [6, 6.07) is 14.2. The molecule has 2 aromatic rings. The van der Waals surface area contributed by atoms with E-state index in [-0.39, 0.29) is 29.6 Å². The lowest BCUT2D eigenvalue weighted by atomic mass is 10.1. The summed E-state index contributed by atoms with van der Waals surface area (Å²) in [6.07, 6.45) is 1.65. The van der Waals surface area contributed by atoms with E-state index in [1.807, 2.05) is 19.9 Å². The summed E-state index contributed by atoms with van der Waals surface area (Å²) in [5.41, 5.74) is 2.01. The number of hydrogen-bond acceptors (Lipinski definition) is 4. The first-order valence-electron chi connectivity index (χ1n) is 9.13. The molecule has 0 saturated carbocycles. The number of nitrogens with zero attached hydrogens (tertiary/aromatic N) is 2. The highest BCUT2D eigenvalue weighted by atomic mass is 35.5. The number of amides is 3. The van der Waals surface area contributed by atoms with E-state index >= 15 is 0 Å². The number of halogens is 1. The molecule has 3 rings (SSSR count). The molecule has 29 heavy (non-hydrogen) atoms. The molecule has 1 aliphatic rings. The first-order valence-corrected chi connectivity index (χ1v) is 10.3. The van der Waals surface area contributed by atoms with Crippen LogP contribution in [0.5, 0.6) is 0 Å². The highest BCUT2D eigenvalue weighted by Crippen LogP contribution is 2.33. The van der Waals surface area contributed by atoms with Crippen LogP contribution in [0.3, 0.4) is 0 Å². The fourth-order valence-corrected chi connectivity index (χ4v) is 3.86. The van der Waals surface area contributed by atoms with E-state index in [1.54, 1.807) is 60.5 Å². The van der Waals surface area contributed by atoms with Gasteiger partial charge >= 0.3 is 0 Å². The molecule has 0 unspecified atom stereocenters. The van der Waals surface area contributed by atoms with E-state index in [0.29, 0.717) is 21.1 Å². The number of carbonyl (C=O) groups excluding carboxylic acids is 3. The number of carbonyl (C=O) groups is 3. The Morgan fingerprint density at radius 1 is 1.17 bits per heavy atom. The summed E-state index contributed by atoms with van der Waals surface area (Å²) in [5, 5.41) is 0.228. The Bertz CT molecular complexity index is 1000. The Hall–Kier alpha value is -2.57. The first kappa shape index (κ1) is 21.1. The van der Waals surface area contributed by atoms with Gasteiger partial charge in [-0.2, -0.15) is 0 Å². The molecule has 0 aliphatic carbocycles. The van der Waals surface area contributed by atoms with Crippen molar-refractivity contribution in [2.75, 3.05) is 7.05 Å². The Kier molecular flexibility index (Phi) is 6.45. The van der Waals surface area contributed by atoms with Gasteiger partial charge in [0.1, 0.15) is 0 Å². The van der Waals surface area contributed by atoms with Crippen LogP contribution in [0.4, 0.5) is 4.79 Å². The number of hydrogen-bond donors (Lipinski definition) is 0. The molecule has 1 aliphatic heterocycles. The van der Waals surface area contributed by atoms with Crippen LogP contribution < -0.4 is 0 Å². The lowest BCUT2D eigenvalue weighted by Crippen LogP contribution is -2.32. The normalized spacial score (nSPS) is 15.5. The average Bonchev–Trinajstić information content (AvgIpc) is 2.94. The topological polar surface area (TPSA) is 57.7 Å². The van der Waals surface area contributed by atoms with Crippen molar-refractivity contribution < 1.29 is 14.4 Å². The lowest BCUT2D eigenvalue weighted by molar-refractivity contribution is -0.123. The summed E-state index contributed by atoms with van der Waals surface area (Å²) < 4.78 is 0. The predicted octanol–water partition coefficient (Wildman–Crippen LogP) is 5.06. The number of imide groups is 1. The van der Waals surface area contributed by atoms with Gasteiger partial charge in [0.05, 0.1) is 11.4 Å². The zero-order valence-corrected chi connectivity index (χ0v) is 18.0. The number of benzene rings is 2. The zero-order valence-electron chi connectivity index (χ0n) is 16.4. The van der Waals surface area contributed by atoms with Gasteiger partial charge in [-0.05, 0) is 67.1 Å². The average molecular weight is 429 g/mol. The van der Waals surface area contributed by atoms with Gasteiger partial charge in [0.25, 0.3) is 17.1 Å². The van der Waals surface area contributed by atoms with Crippen LogP contribution in [-0.4, -0.2) is 39.9 Å². The molecule has 1 saturated heterocycles. The van der Waals surface area contributed by atoms with Crippen LogP contribution >= 0.6 is 23.4 Å². The standard InChI is InChI=1S/C22H21ClN2O3S/c1-14(2)24(3)20(26)17-8-4-6-15(10-17)12-19-21(27)25(22(28)29-19)13-16-7-5-9-18(23)11-16/h4-12,14H,13H2,1-3H3. The van der Waals surface area contributed by atoms with Gasteiger partial charge in [-0.1, -0.05) is 35.9 Å². The molecule has 5 nitrogen and oxygen atoms in total. The summed E-state index contributed by atoms with van der Waals surface area (Å²) in [6.45, 7) is 4.05. The van der Waals surface area contributed by atoms with E-state index in [4.69, 9.17) is 11.6 Å². The Morgan fingerprint density at radius 2 is 1.90 bits per heavy atom. The second kappa shape index (κ2) is 8.84. The maximum Gasteiger partial charge on any atom is 0.293 e. The summed E-state index contributed by atoms with van der Waals surface area (Å²) in [5.74, 6) is -0.444. The van der Waals surface area contributed by atoms with Crippen molar-refractivity contribution in [1.29, 1.82) is 0 Å². The van der Waals surface area contributed by atoms with E-state index < -0.39 is 0 Å². The fraction of sp³-hybridized carbons (Fsp3) is 0.227. The van der Waals surface area contributed by atoms with Gasteiger partial charge in [-0.15, -0.1) is 0 Å². The van der Waals surface area contributed by atoms with Gasteiger partial charge in [0, 0.05) is 23.7 Å². The molecule has 7 heteroatoms. The molecular formula is C22H21ClN2O3S. The highest BCUT2D eigenvalue weighted by Gasteiger charge is 2.35. The third kappa shape index (κ3) is 4.89. The van der Waals surface area contributed by atoms with E-state index in [0.717, 1.165) is 17.3 Å². The smallest absolute Gasteiger partial charge is 0.293 e. The fourth-order valence-electron chi connectivity index (χ4n) is 2.81. The second-order valence-corrected chi connectivity index (χ2v) is 8.46. The summed E-state index contributed by atoms with van der Waals surface area (Å²) in [4.78, 5) is 40.8. The molecule has 0 bridgehead atoms. The minimum atomic E-state index is -0.351. The summed E-state index contributed by atoms with van der Waals surface area (Å²) in [7, 11) is 1.75. The maximum atomic E-state index is 12.7. The molecule has 1 fully saturated rings. The van der Waals surface area contributed by atoms with Gasteiger partial charge < -0.3 is 4.90 Å². The van der Waals surface area contributed by atoms with Crippen LogP contribution in [0.25, 0.3) is 6.08 Å². The van der Waals surface area contributed by atoms with Gasteiger partial charge in [-0.3, -0.25) is 19.3 Å². The SMILES string of the molecule is CC(C)N(C)C(=O)c1cccc(C=C2SC(=O)N(Cc3cccc(Cl)c3)C2=O)c1. The quantitative estimate of drug-likeness (QED) is 0.625. The van der Waals surface area contributed by atoms with Gasteiger partial charge in [0.2, 0.25) is 0 Å². The van der Waals surface area contributed by atoms with Crippen molar-refractivity contribution >= 4 is 46.5 Å². The number of thioether (sulfide) groups is 1. The van der Waals surface area contributed by atoms with Crippen molar-refractivity contribution in [3.63, 3.8) is 0 Å². The lowest BCUT2D eigenvalue weighted by Gasteiger charge is -2.21. The van der Waals surface area contributed by atoms with Crippen LogP contribution in [0.1, 0.15) is 35.3 Å². The molecule has 1 heterocycles. The first-order chi connectivity index (χ1) is 13.8. The largest absolute Gasteiger partial charge is 0.339 e. The molecule has 0 N–H and O–H groups in total. The molecular weight excluding hydrogens is 408 g/mol. The Labute approximate surface area is 179 Å². The van der Waals surface area contributed by atoms with Crippen LogP contribution in [-0.2, 0) is 11.3 Å². The zero-order chi connectivity index (χ0) is 21.1. The molecule has 150 valence electrons. The minimum absolute atomic E-state index is 0.0779. The van der Waals surface area contributed by atoms with E-state index in [2.05, 4.69) is 0 Å². The molecule has 0 atom stereocenters. The molecule has 0 spiro atoms. The molecule has 3 amide bonds. The Balaban J connectivity index is 1.81. The van der Waals surface area contributed by atoms with Gasteiger partial charge in [0.15, 0.2) is 0 Å². The van der Waals surface area contributed by atoms with Crippen LogP contribution in [0, 0.1) is 0 Å². The Morgan fingerprint density at radius 3 is 2.59 bits per heavy atom. The van der Waals surface area contributed by atoms with Crippen molar-refractivity contribution in [2.45, 2.75) is 26.4 Å². The number of rotatable bonds is 5. The molecule has 2 aromatic carbocycles. The monoisotopic (exact) mass is 428 g/mol. The van der Waals surface area contributed by atoms with Crippen molar-refractivity contribution in [1.82, 2.24) is 9.80 Å². The third-order valence-electron chi connectivity index (χ3n) is 4.63. The van der Waals surface area contributed by atoms with Crippen LogP contribution in [0.2, 0.25) is 5.02 Å². The molecule has 0 radical (unpaired) electrons. The minimum Gasteiger partial charge on any atom is -0.339 e. The van der Waals surface area contributed by atoms with Gasteiger partial charge in [-0.25, -0.2) is 0 Å². The molecule has 0 aromatic heterocycles. The van der Waals surface area contributed by atoms with Crippen LogP contribution in [0.15, 0.2) is 53.4 Å². The van der Waals surface area contributed by atoms with Crippen molar-refractivity contribution in [3.8, 4) is 0 Å². The van der Waals surface area contributed by atoms with E-state index in [9.17, 15) is 14.4 Å². The van der Waals surface area contributed by atoms with E-state index in [1.165, 1.54) is 4.90 Å². The highest BCUT2D eigenvalue weighted by molar-refractivity contribution is 8.18. The summed E-state index contributed by atoms with van der Waals surface area (Å²) >= 11 is 6.88. The third-order valence-corrected chi connectivity index (χ3v) is 5.77. The second-order valence-electron chi connectivity index (χ2n) is 7.03. The van der Waals surface area contributed by atoms with Crippen molar-refractivity contribution in [3.05, 3.63) is 75.1 Å². The van der Waals surface area contributed by atoms with Crippen molar-refractivity contribution in [2.24, 2.45) is 0 Å². The maximum absolute atomic E-state index is 12.7.